The fraction of sp³-hybridized carbons (Fsp3) is 0.933. The zero-order valence-corrected chi connectivity index (χ0v) is 13.6. The van der Waals surface area contributed by atoms with Crippen LogP contribution in [0.3, 0.4) is 0 Å². The minimum absolute atomic E-state index is 0.0497. The summed E-state index contributed by atoms with van der Waals surface area (Å²) in [6.45, 7) is 9.73. The summed E-state index contributed by atoms with van der Waals surface area (Å²) in [5.74, 6) is -0.0497. The summed E-state index contributed by atoms with van der Waals surface area (Å²) in [6, 6.07) is 0. The SMILES string of the molecule is CCNC1(C(=O)OCC)CCCC(SC(C)CC)C1. The quantitative estimate of drug-likeness (QED) is 0.729. The Hall–Kier alpha value is -0.220. The highest BCUT2D eigenvalue weighted by atomic mass is 32.2. The lowest BCUT2D eigenvalue weighted by molar-refractivity contribution is -0.152. The molecule has 1 N–H and O–H groups in total. The molecule has 1 saturated carbocycles. The van der Waals surface area contributed by atoms with Gasteiger partial charge in [-0.3, -0.25) is 4.79 Å². The van der Waals surface area contributed by atoms with Crippen LogP contribution in [0, 0.1) is 0 Å². The van der Waals surface area contributed by atoms with Gasteiger partial charge >= 0.3 is 5.97 Å². The fourth-order valence-corrected chi connectivity index (χ4v) is 4.32. The van der Waals surface area contributed by atoms with Gasteiger partial charge in [0.15, 0.2) is 0 Å². The second-order valence-electron chi connectivity index (χ2n) is 5.41. The Labute approximate surface area is 122 Å². The highest BCUT2D eigenvalue weighted by Crippen LogP contribution is 2.38. The third-order valence-electron chi connectivity index (χ3n) is 3.89. The van der Waals surface area contributed by atoms with Crippen LogP contribution in [0.15, 0.2) is 0 Å². The number of thioether (sulfide) groups is 1. The van der Waals surface area contributed by atoms with Gasteiger partial charge in [-0.25, -0.2) is 0 Å². The van der Waals surface area contributed by atoms with Gasteiger partial charge in [0.05, 0.1) is 6.61 Å². The standard InChI is InChI=1S/C15H29NO2S/c1-5-12(4)19-13-9-8-10-15(11-13,16-6-2)14(17)18-7-3/h12-13,16H,5-11H2,1-4H3. The molecule has 1 rings (SSSR count). The van der Waals surface area contributed by atoms with E-state index in [9.17, 15) is 4.79 Å². The minimum atomic E-state index is -0.436. The predicted octanol–water partition coefficient (Wildman–Crippen LogP) is 3.37. The first kappa shape index (κ1) is 16.8. The van der Waals surface area contributed by atoms with Crippen molar-refractivity contribution in [2.24, 2.45) is 0 Å². The van der Waals surface area contributed by atoms with E-state index >= 15 is 0 Å². The first-order valence-corrected chi connectivity index (χ1v) is 8.60. The molecule has 0 aliphatic heterocycles. The molecule has 3 nitrogen and oxygen atoms in total. The van der Waals surface area contributed by atoms with Crippen LogP contribution in [-0.4, -0.2) is 35.2 Å². The number of nitrogens with one attached hydrogen (secondary N) is 1. The third kappa shape index (κ3) is 4.67. The number of rotatable bonds is 7. The zero-order chi connectivity index (χ0) is 14.3. The number of carbonyl (C=O) groups excluding carboxylic acids is 1. The molecule has 0 amide bonds. The molecule has 0 aromatic heterocycles. The van der Waals surface area contributed by atoms with Crippen molar-refractivity contribution in [3.05, 3.63) is 0 Å². The number of hydrogen-bond donors (Lipinski definition) is 1. The molecule has 0 radical (unpaired) electrons. The molecule has 3 unspecified atom stereocenters. The van der Waals surface area contributed by atoms with E-state index in [1.807, 2.05) is 18.7 Å². The first-order chi connectivity index (χ1) is 9.07. The van der Waals surface area contributed by atoms with Crippen LogP contribution in [-0.2, 0) is 9.53 Å². The van der Waals surface area contributed by atoms with E-state index in [0.29, 0.717) is 17.1 Å². The van der Waals surface area contributed by atoms with E-state index in [4.69, 9.17) is 4.74 Å². The lowest BCUT2D eigenvalue weighted by Crippen LogP contribution is -2.56. The van der Waals surface area contributed by atoms with E-state index in [2.05, 4.69) is 26.1 Å². The number of hydrogen-bond acceptors (Lipinski definition) is 4. The molecular weight excluding hydrogens is 258 g/mol. The summed E-state index contributed by atoms with van der Waals surface area (Å²) in [6.07, 6.45) is 5.35. The van der Waals surface area contributed by atoms with Crippen molar-refractivity contribution in [1.29, 1.82) is 0 Å². The Bertz CT molecular complexity index is 281. The maximum atomic E-state index is 12.3. The van der Waals surface area contributed by atoms with Crippen LogP contribution < -0.4 is 5.32 Å². The summed E-state index contributed by atoms with van der Waals surface area (Å²) >= 11 is 2.04. The average Bonchev–Trinajstić information content (AvgIpc) is 2.39. The van der Waals surface area contributed by atoms with Gasteiger partial charge in [-0.05, 0) is 45.6 Å². The van der Waals surface area contributed by atoms with Crippen molar-refractivity contribution in [3.8, 4) is 0 Å². The molecule has 3 atom stereocenters. The van der Waals surface area contributed by atoms with Gasteiger partial charge in [0.1, 0.15) is 5.54 Å². The number of carbonyl (C=O) groups is 1. The van der Waals surface area contributed by atoms with Crippen LogP contribution in [0.1, 0.15) is 59.8 Å². The Morgan fingerprint density at radius 1 is 1.47 bits per heavy atom. The largest absolute Gasteiger partial charge is 0.465 e. The van der Waals surface area contributed by atoms with Gasteiger partial charge in [-0.1, -0.05) is 20.8 Å². The molecule has 1 aliphatic carbocycles. The van der Waals surface area contributed by atoms with Gasteiger partial charge in [0, 0.05) is 10.5 Å². The summed E-state index contributed by atoms with van der Waals surface area (Å²) < 4.78 is 5.31. The van der Waals surface area contributed by atoms with E-state index in [0.717, 1.165) is 25.8 Å². The Balaban J connectivity index is 2.71. The zero-order valence-electron chi connectivity index (χ0n) is 12.8. The maximum Gasteiger partial charge on any atom is 0.326 e. The van der Waals surface area contributed by atoms with E-state index in [1.165, 1.54) is 12.8 Å². The summed E-state index contributed by atoms with van der Waals surface area (Å²) in [5.41, 5.74) is -0.436. The molecule has 4 heteroatoms. The molecule has 0 bridgehead atoms. The van der Waals surface area contributed by atoms with Crippen molar-refractivity contribution >= 4 is 17.7 Å². The maximum absolute atomic E-state index is 12.3. The van der Waals surface area contributed by atoms with Gasteiger partial charge in [-0.2, -0.15) is 11.8 Å². The number of ether oxygens (including phenoxy) is 1. The lowest BCUT2D eigenvalue weighted by atomic mass is 9.81. The fourth-order valence-electron chi connectivity index (χ4n) is 2.79. The molecule has 0 heterocycles. The predicted molar refractivity (Wildman–Crippen MR) is 82.6 cm³/mol. The normalized spacial score (nSPS) is 28.9. The molecule has 112 valence electrons. The van der Waals surface area contributed by atoms with Gasteiger partial charge in [-0.15, -0.1) is 0 Å². The van der Waals surface area contributed by atoms with Crippen molar-refractivity contribution in [2.45, 2.75) is 75.8 Å². The minimum Gasteiger partial charge on any atom is -0.465 e. The number of likely N-dealkylation sites (N-methyl/N-ethyl adjacent to an activating group) is 1. The summed E-state index contributed by atoms with van der Waals surface area (Å²) in [5, 5.41) is 4.66. The van der Waals surface area contributed by atoms with Crippen molar-refractivity contribution in [3.63, 3.8) is 0 Å². The lowest BCUT2D eigenvalue weighted by Gasteiger charge is -2.39. The van der Waals surface area contributed by atoms with Gasteiger partial charge in [0.25, 0.3) is 0 Å². The van der Waals surface area contributed by atoms with Crippen LogP contribution in [0.25, 0.3) is 0 Å². The highest BCUT2D eigenvalue weighted by Gasteiger charge is 2.43. The summed E-state index contributed by atoms with van der Waals surface area (Å²) in [7, 11) is 0. The van der Waals surface area contributed by atoms with Gasteiger partial charge in [0.2, 0.25) is 0 Å². The topological polar surface area (TPSA) is 38.3 Å². The molecule has 1 aliphatic rings. The van der Waals surface area contributed by atoms with Crippen molar-refractivity contribution in [2.75, 3.05) is 13.2 Å². The number of esters is 1. The molecule has 0 aromatic carbocycles. The van der Waals surface area contributed by atoms with Crippen LogP contribution in [0.5, 0.6) is 0 Å². The Kier molecular flexibility index (Phi) is 7.22. The molecular formula is C15H29NO2S. The second-order valence-corrected chi connectivity index (χ2v) is 7.15. The van der Waals surface area contributed by atoms with Crippen LogP contribution >= 0.6 is 11.8 Å². The Morgan fingerprint density at radius 2 is 2.21 bits per heavy atom. The third-order valence-corrected chi connectivity index (χ3v) is 5.47. The van der Waals surface area contributed by atoms with Gasteiger partial charge < -0.3 is 10.1 Å². The average molecular weight is 287 g/mol. The molecule has 1 fully saturated rings. The second kappa shape index (κ2) is 8.15. The van der Waals surface area contributed by atoms with E-state index in [-0.39, 0.29) is 5.97 Å². The molecule has 19 heavy (non-hydrogen) atoms. The first-order valence-electron chi connectivity index (χ1n) is 7.65. The smallest absolute Gasteiger partial charge is 0.326 e. The highest BCUT2D eigenvalue weighted by molar-refractivity contribution is 8.00. The van der Waals surface area contributed by atoms with Crippen molar-refractivity contribution < 1.29 is 9.53 Å². The van der Waals surface area contributed by atoms with E-state index in [1.54, 1.807) is 0 Å². The monoisotopic (exact) mass is 287 g/mol. The van der Waals surface area contributed by atoms with Crippen LogP contribution in [0.4, 0.5) is 0 Å². The van der Waals surface area contributed by atoms with E-state index < -0.39 is 5.54 Å². The molecule has 0 saturated heterocycles. The van der Waals surface area contributed by atoms with Crippen molar-refractivity contribution in [1.82, 2.24) is 5.32 Å². The Morgan fingerprint density at radius 3 is 2.79 bits per heavy atom. The molecule has 0 aromatic rings. The summed E-state index contributed by atoms with van der Waals surface area (Å²) in [4.78, 5) is 12.3. The molecule has 0 spiro atoms. The van der Waals surface area contributed by atoms with Crippen LogP contribution in [0.2, 0.25) is 0 Å².